The number of carbonyl (C=O) groups excluding carboxylic acids is 4. The minimum absolute atomic E-state index is 0.00848. The lowest BCUT2D eigenvalue weighted by molar-refractivity contribution is -0.140. The van der Waals surface area contributed by atoms with Gasteiger partial charge in [-0.2, -0.15) is 8.42 Å². The molecule has 2 aromatic rings. The van der Waals surface area contributed by atoms with Crippen LogP contribution in [0, 0.1) is 5.92 Å². The van der Waals surface area contributed by atoms with E-state index in [4.69, 9.17) is 22.1 Å². The van der Waals surface area contributed by atoms with E-state index in [1.807, 2.05) is 36.4 Å². The number of fused-ring (bicyclic) bond motifs is 3. The summed E-state index contributed by atoms with van der Waals surface area (Å²) in [6.07, 6.45) is 6.06. The molecule has 1 aliphatic carbocycles. The van der Waals surface area contributed by atoms with Crippen molar-refractivity contribution in [1.29, 1.82) is 0 Å². The molecule has 0 aromatic heterocycles. The molecule has 2 fully saturated rings. The van der Waals surface area contributed by atoms with Gasteiger partial charge in [0.25, 0.3) is 5.91 Å². The summed E-state index contributed by atoms with van der Waals surface area (Å²) in [5, 5.41) is 3.19. The fourth-order valence-electron chi connectivity index (χ4n) is 6.65. The third-order valence-corrected chi connectivity index (χ3v) is 10.6. The molecule has 2 aromatic carbocycles. The molecule has 0 radical (unpaired) electrons. The number of halogens is 1. The standard InChI is InChI=1S/C33H39ClN6O7S/c34-24-12-14-25(15-13-24)37-48(45,46)38-31(43)33-17-23(33)10-4-2-1-3-5-11-27(35)30(42)40-20-26(16-28(40)29(41)36-33)47-32(44)39-18-21-8-6-7-9-22(21)19-39/h4,6-10,12-15,23,26-28,37H,1-3,5,11,16-20,35H2,(H,36,41)(H,38,43)/t23-,26-,27+,28+,33-/m1/s1. The maximum Gasteiger partial charge on any atom is 0.410 e. The fourth-order valence-corrected chi connectivity index (χ4v) is 7.70. The predicted octanol–water partition coefficient (Wildman–Crippen LogP) is 2.96. The molecule has 256 valence electrons. The van der Waals surface area contributed by atoms with Crippen LogP contribution in [0.2, 0.25) is 5.02 Å². The zero-order valence-electron chi connectivity index (χ0n) is 26.3. The van der Waals surface area contributed by atoms with E-state index < -0.39 is 63.7 Å². The molecule has 1 saturated carbocycles. The highest BCUT2D eigenvalue weighted by Crippen LogP contribution is 2.45. The Morgan fingerprint density at radius 2 is 1.73 bits per heavy atom. The Morgan fingerprint density at radius 3 is 2.44 bits per heavy atom. The van der Waals surface area contributed by atoms with E-state index in [1.54, 1.807) is 4.90 Å². The van der Waals surface area contributed by atoms with Gasteiger partial charge < -0.3 is 20.7 Å². The SMILES string of the molecule is N[C@H]1CCCCCC=C[C@@H]2C[C@@]2(C(=O)NS(=O)(=O)Nc2ccc(Cl)cc2)NC(=O)[C@@H]2C[C@@H](OC(=O)N3Cc4ccccc4C3)CN2C1=O. The van der Waals surface area contributed by atoms with Crippen molar-refractivity contribution in [2.45, 2.75) is 81.8 Å². The molecule has 3 aliphatic heterocycles. The van der Waals surface area contributed by atoms with Crippen LogP contribution in [0.3, 0.4) is 0 Å². The summed E-state index contributed by atoms with van der Waals surface area (Å²) < 4.78 is 36.0. The number of benzene rings is 2. The van der Waals surface area contributed by atoms with Gasteiger partial charge in [0, 0.05) is 30.5 Å². The Hall–Kier alpha value is -4.14. The summed E-state index contributed by atoms with van der Waals surface area (Å²) in [5.41, 5.74) is 6.97. The van der Waals surface area contributed by atoms with Crippen LogP contribution in [-0.4, -0.2) is 72.3 Å². The largest absolute Gasteiger partial charge is 0.444 e. The van der Waals surface area contributed by atoms with E-state index in [-0.39, 0.29) is 25.1 Å². The van der Waals surface area contributed by atoms with Crippen LogP contribution in [0.4, 0.5) is 10.5 Å². The van der Waals surface area contributed by atoms with Crippen molar-refractivity contribution in [3.63, 3.8) is 0 Å². The highest BCUT2D eigenvalue weighted by Gasteiger charge is 2.61. The van der Waals surface area contributed by atoms with Crippen molar-refractivity contribution < 1.29 is 32.3 Å². The van der Waals surface area contributed by atoms with Crippen molar-refractivity contribution in [2.75, 3.05) is 11.3 Å². The average Bonchev–Trinajstić information content (AvgIpc) is 3.35. The molecular weight excluding hydrogens is 660 g/mol. The van der Waals surface area contributed by atoms with Crippen LogP contribution in [-0.2, 0) is 42.4 Å². The second-order valence-corrected chi connectivity index (χ2v) is 14.7. The molecule has 5 N–H and O–H groups in total. The monoisotopic (exact) mass is 698 g/mol. The first-order valence-corrected chi connectivity index (χ1v) is 18.0. The van der Waals surface area contributed by atoms with Gasteiger partial charge in [-0.05, 0) is 61.1 Å². The third-order valence-electron chi connectivity index (χ3n) is 9.38. The highest BCUT2D eigenvalue weighted by atomic mass is 35.5. The quantitative estimate of drug-likeness (QED) is 0.344. The van der Waals surface area contributed by atoms with Gasteiger partial charge in [0.1, 0.15) is 17.7 Å². The van der Waals surface area contributed by atoms with Crippen LogP contribution in [0.5, 0.6) is 0 Å². The van der Waals surface area contributed by atoms with Crippen molar-refractivity contribution in [3.8, 4) is 0 Å². The fraction of sp³-hybridized carbons (Fsp3) is 0.455. The lowest BCUT2D eigenvalue weighted by Crippen LogP contribution is -2.58. The molecule has 3 heterocycles. The van der Waals surface area contributed by atoms with E-state index in [0.29, 0.717) is 37.4 Å². The molecule has 4 aliphatic rings. The first kappa shape index (κ1) is 33.7. The maximum atomic E-state index is 14.0. The van der Waals surface area contributed by atoms with Crippen LogP contribution < -0.4 is 20.5 Å². The molecule has 4 amide bonds. The number of carbonyl (C=O) groups is 4. The summed E-state index contributed by atoms with van der Waals surface area (Å²) in [6, 6.07) is 11.6. The summed E-state index contributed by atoms with van der Waals surface area (Å²) >= 11 is 5.89. The number of hydrogen-bond acceptors (Lipinski definition) is 8. The molecule has 48 heavy (non-hydrogen) atoms. The molecule has 13 nitrogen and oxygen atoms in total. The highest BCUT2D eigenvalue weighted by molar-refractivity contribution is 7.91. The molecule has 0 spiro atoms. The van der Waals surface area contributed by atoms with E-state index in [2.05, 4.69) is 14.8 Å². The smallest absolute Gasteiger partial charge is 0.410 e. The Bertz CT molecular complexity index is 1700. The number of nitrogens with one attached hydrogen (secondary N) is 3. The predicted molar refractivity (Wildman–Crippen MR) is 177 cm³/mol. The lowest BCUT2D eigenvalue weighted by Gasteiger charge is -2.28. The zero-order valence-corrected chi connectivity index (χ0v) is 27.8. The van der Waals surface area contributed by atoms with E-state index >= 15 is 0 Å². The number of nitrogens with zero attached hydrogens (tertiary/aromatic N) is 2. The first-order chi connectivity index (χ1) is 22.9. The van der Waals surface area contributed by atoms with Gasteiger partial charge in [0.2, 0.25) is 11.8 Å². The van der Waals surface area contributed by atoms with Gasteiger partial charge in [0.05, 0.1) is 18.3 Å². The number of anilines is 1. The number of allylic oxidation sites excluding steroid dienone is 1. The molecular formula is C33H39ClN6O7S. The molecule has 15 heteroatoms. The Balaban J connectivity index is 1.20. The average molecular weight is 699 g/mol. The number of amides is 4. The minimum Gasteiger partial charge on any atom is -0.444 e. The first-order valence-electron chi connectivity index (χ1n) is 16.1. The van der Waals surface area contributed by atoms with Gasteiger partial charge in [-0.1, -0.05) is 60.9 Å². The van der Waals surface area contributed by atoms with E-state index in [9.17, 15) is 27.6 Å². The van der Waals surface area contributed by atoms with Crippen LogP contribution >= 0.6 is 11.6 Å². The van der Waals surface area contributed by atoms with E-state index in [0.717, 1.165) is 24.0 Å². The Morgan fingerprint density at radius 1 is 1.02 bits per heavy atom. The van der Waals surface area contributed by atoms with E-state index in [1.165, 1.54) is 29.2 Å². The topological polar surface area (TPSA) is 180 Å². The summed E-state index contributed by atoms with van der Waals surface area (Å²) in [4.78, 5) is 57.3. The summed E-state index contributed by atoms with van der Waals surface area (Å²) in [6.45, 7) is 0.738. The van der Waals surface area contributed by atoms with Crippen LogP contribution in [0.25, 0.3) is 0 Å². The Labute approximate surface area is 284 Å². The second-order valence-electron chi connectivity index (χ2n) is 12.9. The maximum absolute atomic E-state index is 14.0. The molecule has 0 unspecified atom stereocenters. The number of ether oxygens (including phenoxy) is 1. The van der Waals surface area contributed by atoms with Crippen molar-refractivity contribution in [2.24, 2.45) is 11.7 Å². The zero-order chi connectivity index (χ0) is 34.1. The molecule has 0 bridgehead atoms. The van der Waals surface area contributed by atoms with Gasteiger partial charge in [0.15, 0.2) is 0 Å². The van der Waals surface area contributed by atoms with Gasteiger partial charge in [-0.15, -0.1) is 0 Å². The van der Waals surface area contributed by atoms with Crippen LogP contribution in [0.15, 0.2) is 60.7 Å². The van der Waals surface area contributed by atoms with Crippen molar-refractivity contribution in [3.05, 3.63) is 76.8 Å². The molecule has 6 rings (SSSR count). The number of rotatable bonds is 5. The van der Waals surface area contributed by atoms with Crippen molar-refractivity contribution >= 4 is 51.3 Å². The number of hydrogen-bond donors (Lipinski definition) is 4. The minimum atomic E-state index is -4.39. The third kappa shape index (κ3) is 7.45. The van der Waals surface area contributed by atoms with Gasteiger partial charge in [-0.25, -0.2) is 9.52 Å². The summed E-state index contributed by atoms with van der Waals surface area (Å²) in [5.74, 6) is -2.50. The van der Waals surface area contributed by atoms with Crippen LogP contribution in [0.1, 0.15) is 56.1 Å². The summed E-state index contributed by atoms with van der Waals surface area (Å²) in [7, 11) is -4.39. The Kier molecular flexibility index (Phi) is 9.68. The van der Waals surface area contributed by atoms with Gasteiger partial charge in [-0.3, -0.25) is 24.0 Å². The molecule has 5 atom stereocenters. The molecule has 1 saturated heterocycles. The number of nitrogens with two attached hydrogens (primary N) is 1. The second kappa shape index (κ2) is 13.8. The lowest BCUT2D eigenvalue weighted by atomic mass is 10.1. The van der Waals surface area contributed by atoms with Crippen molar-refractivity contribution in [1.82, 2.24) is 19.8 Å². The van der Waals surface area contributed by atoms with Gasteiger partial charge >= 0.3 is 16.3 Å². The normalized spacial score (nSPS) is 27.5.